The average molecular weight is 194 g/mol. The lowest BCUT2D eigenvalue weighted by atomic mass is 10.1. The molecule has 4 heteroatoms. The molecule has 1 atom stereocenters. The summed E-state index contributed by atoms with van der Waals surface area (Å²) in [7, 11) is 0. The summed E-state index contributed by atoms with van der Waals surface area (Å²) in [6.45, 7) is 0.755. The topological polar surface area (TPSA) is 60.4 Å². The maximum atomic E-state index is 5.51. The van der Waals surface area contributed by atoms with Crippen LogP contribution in [-0.4, -0.2) is 6.61 Å². The van der Waals surface area contributed by atoms with Crippen molar-refractivity contribution >= 4 is 0 Å². The molecule has 2 heterocycles. The summed E-state index contributed by atoms with van der Waals surface area (Å²) in [4.78, 5) is 0. The van der Waals surface area contributed by atoms with Crippen LogP contribution < -0.4 is 11.3 Å². The molecule has 0 saturated heterocycles. The molecule has 3 N–H and O–H groups in total. The van der Waals surface area contributed by atoms with Crippen LogP contribution in [0.4, 0.5) is 0 Å². The van der Waals surface area contributed by atoms with E-state index in [1.165, 1.54) is 0 Å². The van der Waals surface area contributed by atoms with Gasteiger partial charge in [-0.2, -0.15) is 0 Å². The third kappa shape index (κ3) is 1.81. The molecule has 0 radical (unpaired) electrons. The number of furan rings is 1. The zero-order valence-corrected chi connectivity index (χ0v) is 7.90. The predicted molar refractivity (Wildman–Crippen MR) is 52.0 cm³/mol. The van der Waals surface area contributed by atoms with Crippen LogP contribution in [0.2, 0.25) is 0 Å². The fourth-order valence-corrected chi connectivity index (χ4v) is 1.54. The van der Waals surface area contributed by atoms with Crippen LogP contribution in [-0.2, 0) is 4.74 Å². The normalized spacial score (nSPS) is 18.5. The molecule has 1 aromatic rings. The SMILES string of the molecule is NNC(C1=CCCCO1)c1ccco1. The summed E-state index contributed by atoms with van der Waals surface area (Å²) in [6.07, 6.45) is 5.78. The second-order valence-corrected chi connectivity index (χ2v) is 3.21. The molecule has 0 saturated carbocycles. The first-order valence-corrected chi connectivity index (χ1v) is 4.74. The Kier molecular flexibility index (Phi) is 2.86. The molecule has 1 aliphatic heterocycles. The summed E-state index contributed by atoms with van der Waals surface area (Å²) in [5.74, 6) is 7.10. The quantitative estimate of drug-likeness (QED) is 0.565. The molecule has 0 aromatic carbocycles. The van der Waals surface area contributed by atoms with Crippen LogP contribution in [0.5, 0.6) is 0 Å². The highest BCUT2D eigenvalue weighted by Crippen LogP contribution is 2.25. The van der Waals surface area contributed by atoms with Crippen LogP contribution in [0.3, 0.4) is 0 Å². The van der Waals surface area contributed by atoms with Crippen LogP contribution in [0.25, 0.3) is 0 Å². The molecule has 1 aromatic heterocycles. The van der Waals surface area contributed by atoms with Gasteiger partial charge in [0.25, 0.3) is 0 Å². The zero-order chi connectivity index (χ0) is 9.80. The van der Waals surface area contributed by atoms with Gasteiger partial charge in [0.05, 0.1) is 12.9 Å². The van der Waals surface area contributed by atoms with Crippen LogP contribution in [0, 0.1) is 0 Å². The van der Waals surface area contributed by atoms with Crippen molar-refractivity contribution in [3.8, 4) is 0 Å². The van der Waals surface area contributed by atoms with Crippen LogP contribution >= 0.6 is 0 Å². The van der Waals surface area contributed by atoms with Gasteiger partial charge in [0.15, 0.2) is 0 Å². The third-order valence-corrected chi connectivity index (χ3v) is 2.24. The molecule has 0 aliphatic carbocycles. The fraction of sp³-hybridized carbons (Fsp3) is 0.400. The standard InChI is InChI=1S/C10H14N2O2/c11-12-10(9-5-3-7-14-9)8-4-1-2-6-13-8/h3-5,7,10,12H,1-2,6,11H2. The molecule has 2 rings (SSSR count). The van der Waals surface area contributed by atoms with Crippen molar-refractivity contribution < 1.29 is 9.15 Å². The Balaban J connectivity index is 2.16. The highest BCUT2D eigenvalue weighted by atomic mass is 16.5. The number of nitrogens with one attached hydrogen (secondary N) is 1. The molecule has 0 spiro atoms. The molecule has 0 bridgehead atoms. The molecule has 4 nitrogen and oxygen atoms in total. The lowest BCUT2D eigenvalue weighted by molar-refractivity contribution is 0.162. The van der Waals surface area contributed by atoms with E-state index < -0.39 is 0 Å². The van der Waals surface area contributed by atoms with E-state index >= 15 is 0 Å². The third-order valence-electron chi connectivity index (χ3n) is 2.24. The number of nitrogens with two attached hydrogens (primary N) is 1. The summed E-state index contributed by atoms with van der Waals surface area (Å²) in [6, 6.07) is 3.55. The van der Waals surface area contributed by atoms with Gasteiger partial charge in [0.2, 0.25) is 0 Å². The van der Waals surface area contributed by atoms with Crippen LogP contribution in [0.1, 0.15) is 24.6 Å². The second-order valence-electron chi connectivity index (χ2n) is 3.21. The predicted octanol–water partition coefficient (Wildman–Crippen LogP) is 1.48. The first kappa shape index (κ1) is 9.30. The monoisotopic (exact) mass is 194 g/mol. The second kappa shape index (κ2) is 4.30. The first-order chi connectivity index (χ1) is 6.92. The van der Waals surface area contributed by atoms with Gasteiger partial charge in [-0.3, -0.25) is 5.84 Å². The van der Waals surface area contributed by atoms with E-state index in [0.29, 0.717) is 0 Å². The lowest BCUT2D eigenvalue weighted by Crippen LogP contribution is -2.30. The Morgan fingerprint density at radius 1 is 1.50 bits per heavy atom. The fourth-order valence-electron chi connectivity index (χ4n) is 1.54. The minimum atomic E-state index is -0.162. The summed E-state index contributed by atoms with van der Waals surface area (Å²) < 4.78 is 10.8. The Bertz CT molecular complexity index is 306. The smallest absolute Gasteiger partial charge is 0.136 e. The van der Waals surface area contributed by atoms with Crippen molar-refractivity contribution in [3.63, 3.8) is 0 Å². The van der Waals surface area contributed by atoms with E-state index in [-0.39, 0.29) is 6.04 Å². The van der Waals surface area contributed by atoms with Gasteiger partial charge >= 0.3 is 0 Å². The van der Waals surface area contributed by atoms with Crippen molar-refractivity contribution in [2.75, 3.05) is 6.61 Å². The Morgan fingerprint density at radius 3 is 3.00 bits per heavy atom. The minimum absolute atomic E-state index is 0.162. The Labute approximate surface area is 82.7 Å². The minimum Gasteiger partial charge on any atom is -0.496 e. The van der Waals surface area contributed by atoms with Crippen molar-refractivity contribution in [2.45, 2.75) is 18.9 Å². The lowest BCUT2D eigenvalue weighted by Gasteiger charge is -2.21. The Hall–Kier alpha value is -1.26. The van der Waals surface area contributed by atoms with E-state index in [1.54, 1.807) is 6.26 Å². The van der Waals surface area contributed by atoms with Gasteiger partial charge in [-0.1, -0.05) is 0 Å². The van der Waals surface area contributed by atoms with Crippen LogP contribution in [0.15, 0.2) is 34.6 Å². The van der Waals surface area contributed by atoms with E-state index in [1.807, 2.05) is 12.1 Å². The summed E-state index contributed by atoms with van der Waals surface area (Å²) >= 11 is 0. The molecule has 1 aliphatic rings. The molecule has 0 amide bonds. The van der Waals surface area contributed by atoms with Crippen molar-refractivity contribution in [3.05, 3.63) is 36.0 Å². The molecule has 76 valence electrons. The maximum absolute atomic E-state index is 5.51. The summed E-state index contributed by atoms with van der Waals surface area (Å²) in [5, 5.41) is 0. The molecular weight excluding hydrogens is 180 g/mol. The van der Waals surface area contributed by atoms with Gasteiger partial charge in [-0.25, -0.2) is 5.43 Å². The van der Waals surface area contributed by atoms with E-state index in [4.69, 9.17) is 15.0 Å². The highest BCUT2D eigenvalue weighted by molar-refractivity contribution is 5.16. The van der Waals surface area contributed by atoms with Crippen molar-refractivity contribution in [2.24, 2.45) is 5.84 Å². The maximum Gasteiger partial charge on any atom is 0.136 e. The van der Waals surface area contributed by atoms with Gasteiger partial charge in [-0.15, -0.1) is 0 Å². The molecule has 14 heavy (non-hydrogen) atoms. The summed E-state index contributed by atoms with van der Waals surface area (Å²) in [5.41, 5.74) is 2.69. The number of hydrogen-bond donors (Lipinski definition) is 2. The van der Waals surface area contributed by atoms with E-state index in [9.17, 15) is 0 Å². The van der Waals surface area contributed by atoms with E-state index in [2.05, 4.69) is 11.5 Å². The largest absolute Gasteiger partial charge is 0.496 e. The number of allylic oxidation sites excluding steroid dienone is 1. The molecule has 1 unspecified atom stereocenters. The van der Waals surface area contributed by atoms with Crippen molar-refractivity contribution in [1.82, 2.24) is 5.43 Å². The highest BCUT2D eigenvalue weighted by Gasteiger charge is 2.20. The zero-order valence-electron chi connectivity index (χ0n) is 7.90. The first-order valence-electron chi connectivity index (χ1n) is 4.74. The molecular formula is C10H14N2O2. The number of ether oxygens (including phenoxy) is 1. The van der Waals surface area contributed by atoms with E-state index in [0.717, 1.165) is 31.0 Å². The Morgan fingerprint density at radius 2 is 2.43 bits per heavy atom. The van der Waals surface area contributed by atoms with Gasteiger partial charge in [0.1, 0.15) is 17.6 Å². The van der Waals surface area contributed by atoms with Gasteiger partial charge in [-0.05, 0) is 31.1 Å². The number of hydrazine groups is 1. The number of rotatable bonds is 3. The average Bonchev–Trinajstić information content (AvgIpc) is 2.74. The molecule has 0 fully saturated rings. The number of hydrogen-bond acceptors (Lipinski definition) is 4. The van der Waals surface area contributed by atoms with Gasteiger partial charge < -0.3 is 9.15 Å². The van der Waals surface area contributed by atoms with Gasteiger partial charge in [0, 0.05) is 0 Å². The van der Waals surface area contributed by atoms with Crippen molar-refractivity contribution in [1.29, 1.82) is 0 Å².